The van der Waals surface area contributed by atoms with Crippen LogP contribution in [0.3, 0.4) is 0 Å². The van der Waals surface area contributed by atoms with Crippen molar-refractivity contribution in [1.29, 1.82) is 0 Å². The lowest BCUT2D eigenvalue weighted by atomic mass is 10.0. The highest BCUT2D eigenvalue weighted by Crippen LogP contribution is 2.08. The summed E-state index contributed by atoms with van der Waals surface area (Å²) < 4.78 is 4.46. The second-order valence-electron chi connectivity index (χ2n) is 6.34. The Morgan fingerprint density at radius 1 is 0.676 bits per heavy atom. The van der Waals surface area contributed by atoms with Gasteiger partial charge in [-0.05, 0) is 0 Å². The van der Waals surface area contributed by atoms with Gasteiger partial charge in [0.15, 0.2) is 25.0 Å². The fraction of sp³-hybridized carbons (Fsp3) is 0.765. The Kier molecular flexibility index (Phi) is 21.9. The lowest BCUT2D eigenvalue weighted by molar-refractivity contribution is -0.167. The third-order valence-electron chi connectivity index (χ3n) is 3.80. The molecule has 0 radical (unpaired) electrons. The fourth-order valence-corrected chi connectivity index (χ4v) is 1.70. The molecule has 0 spiro atoms. The molecule has 0 aliphatic heterocycles. The first-order chi connectivity index (χ1) is 15.7. The van der Waals surface area contributed by atoms with Gasteiger partial charge in [-0.1, -0.05) is 0 Å². The van der Waals surface area contributed by atoms with Gasteiger partial charge in [-0.25, -0.2) is 4.79 Å². The van der Waals surface area contributed by atoms with Gasteiger partial charge in [-0.3, -0.25) is 0 Å². The maximum Gasteiger partial charge on any atom is 0.335 e. The SMILES string of the molecule is COC(C(O)C(=O)O)C(O)C(O)C=O.O=CC(O)C(O)C(O)CO.O=CC(O)C(O)C(O)CO. The van der Waals surface area contributed by atoms with Crippen LogP contribution >= 0.6 is 0 Å². The van der Waals surface area contributed by atoms with Crippen molar-refractivity contribution >= 4 is 24.8 Å². The van der Waals surface area contributed by atoms with Crippen LogP contribution in [-0.2, 0) is 23.9 Å². The Bertz CT molecular complexity index is 534. The van der Waals surface area contributed by atoms with E-state index in [0.717, 1.165) is 7.11 Å². The van der Waals surface area contributed by atoms with Crippen LogP contribution in [0.4, 0.5) is 0 Å². The number of aliphatic hydroxyl groups excluding tert-OH is 11. The van der Waals surface area contributed by atoms with Crippen molar-refractivity contribution in [3.8, 4) is 0 Å². The zero-order valence-electron chi connectivity index (χ0n) is 17.8. The van der Waals surface area contributed by atoms with E-state index in [1.165, 1.54) is 0 Å². The molecule has 34 heavy (non-hydrogen) atoms. The number of aliphatic hydroxyl groups is 11. The lowest BCUT2D eigenvalue weighted by Crippen LogP contribution is -2.49. The molecule has 0 aromatic heterocycles. The number of carbonyl (C=O) groups is 4. The number of hydrogen-bond acceptors (Lipinski definition) is 16. The summed E-state index contributed by atoms with van der Waals surface area (Å²) in [6.07, 6.45) is -16.4. The van der Waals surface area contributed by atoms with E-state index in [2.05, 4.69) is 4.74 Å². The maximum absolute atomic E-state index is 10.3. The van der Waals surface area contributed by atoms with Crippen LogP contribution in [0.25, 0.3) is 0 Å². The Morgan fingerprint density at radius 3 is 1.18 bits per heavy atom. The number of aliphatic carboxylic acids is 1. The summed E-state index contributed by atoms with van der Waals surface area (Å²) in [6.45, 7) is -1.38. The molecule has 0 rings (SSSR count). The van der Waals surface area contributed by atoms with Crippen molar-refractivity contribution < 1.29 is 85.2 Å². The van der Waals surface area contributed by atoms with Crippen molar-refractivity contribution in [2.24, 2.45) is 0 Å². The largest absolute Gasteiger partial charge is 0.479 e. The van der Waals surface area contributed by atoms with Gasteiger partial charge in [-0.15, -0.1) is 0 Å². The third-order valence-corrected chi connectivity index (χ3v) is 3.80. The summed E-state index contributed by atoms with van der Waals surface area (Å²) in [4.78, 5) is 39.9. The zero-order valence-corrected chi connectivity index (χ0v) is 17.8. The average Bonchev–Trinajstić information content (AvgIpc) is 2.85. The lowest BCUT2D eigenvalue weighted by Gasteiger charge is -2.24. The highest BCUT2D eigenvalue weighted by atomic mass is 16.5. The van der Waals surface area contributed by atoms with Crippen LogP contribution in [0.5, 0.6) is 0 Å². The summed E-state index contributed by atoms with van der Waals surface area (Å²) >= 11 is 0. The molecule has 202 valence electrons. The molecule has 10 unspecified atom stereocenters. The van der Waals surface area contributed by atoms with Crippen LogP contribution in [0.2, 0.25) is 0 Å². The minimum absolute atomic E-state index is 0.0191. The van der Waals surface area contributed by atoms with E-state index < -0.39 is 80.2 Å². The molecule has 0 aliphatic carbocycles. The molecule has 0 aliphatic rings. The van der Waals surface area contributed by atoms with Gasteiger partial charge in [0.1, 0.15) is 54.9 Å². The highest BCUT2D eigenvalue weighted by molar-refractivity contribution is 5.73. The number of carbonyl (C=O) groups excluding carboxylic acids is 3. The standard InChI is InChI=1S/C7H12O7.2C5H10O5/c1-14-6(5(11)7(12)13)4(10)3(9)2-8;2*6-1-3(8)5(10)4(9)2-7/h2-6,9-11H,1H3,(H,12,13);2*1,3-5,7-10H,2H2. The Hall–Kier alpha value is -2.00. The fourth-order valence-electron chi connectivity index (χ4n) is 1.70. The number of aldehydes is 3. The molecule has 0 saturated heterocycles. The molecular weight excluding hydrogens is 476 g/mol. The van der Waals surface area contributed by atoms with E-state index in [1.807, 2.05) is 0 Å². The smallest absolute Gasteiger partial charge is 0.335 e. The number of hydrogen-bond donors (Lipinski definition) is 12. The summed E-state index contributed by atoms with van der Waals surface area (Å²) in [5.74, 6) is -1.62. The number of carboxylic acid groups (broad SMARTS) is 1. The maximum atomic E-state index is 10.3. The van der Waals surface area contributed by atoms with Crippen molar-refractivity contribution in [2.45, 2.75) is 61.0 Å². The molecule has 12 N–H and O–H groups in total. The zero-order chi connectivity index (χ0) is 27.6. The molecule has 0 saturated carbocycles. The van der Waals surface area contributed by atoms with E-state index in [0.29, 0.717) is 0 Å². The molecule has 0 heterocycles. The Labute approximate surface area is 192 Å². The monoisotopic (exact) mass is 508 g/mol. The number of ether oxygens (including phenoxy) is 1. The number of methoxy groups -OCH3 is 1. The molecule has 17 heteroatoms. The molecule has 17 nitrogen and oxygen atoms in total. The molecular formula is C17H32O17. The van der Waals surface area contributed by atoms with Crippen molar-refractivity contribution in [2.75, 3.05) is 20.3 Å². The molecule has 0 aromatic carbocycles. The molecule has 0 bridgehead atoms. The second-order valence-corrected chi connectivity index (χ2v) is 6.34. The van der Waals surface area contributed by atoms with Gasteiger partial charge in [0, 0.05) is 7.11 Å². The van der Waals surface area contributed by atoms with E-state index >= 15 is 0 Å². The van der Waals surface area contributed by atoms with E-state index in [-0.39, 0.29) is 18.9 Å². The van der Waals surface area contributed by atoms with E-state index in [4.69, 9.17) is 61.3 Å². The number of carboxylic acids is 1. The average molecular weight is 508 g/mol. The normalized spacial score (nSPS) is 19.5. The van der Waals surface area contributed by atoms with Crippen LogP contribution in [0.1, 0.15) is 0 Å². The van der Waals surface area contributed by atoms with E-state index in [1.54, 1.807) is 0 Å². The molecule has 10 atom stereocenters. The molecule has 0 amide bonds. The van der Waals surface area contributed by atoms with Crippen molar-refractivity contribution in [1.82, 2.24) is 0 Å². The van der Waals surface area contributed by atoms with Crippen molar-refractivity contribution in [3.63, 3.8) is 0 Å². The second kappa shape index (κ2) is 20.4. The number of rotatable bonds is 14. The van der Waals surface area contributed by atoms with Gasteiger partial charge >= 0.3 is 5.97 Å². The highest BCUT2D eigenvalue weighted by Gasteiger charge is 2.35. The van der Waals surface area contributed by atoms with Gasteiger partial charge in [0.25, 0.3) is 0 Å². The van der Waals surface area contributed by atoms with Gasteiger partial charge in [0.2, 0.25) is 0 Å². The van der Waals surface area contributed by atoms with Gasteiger partial charge in [0.05, 0.1) is 13.2 Å². The van der Waals surface area contributed by atoms with Gasteiger partial charge < -0.3 is 80.4 Å². The molecule has 0 aromatic rings. The summed E-state index contributed by atoms with van der Waals surface area (Å²) in [7, 11) is 1.04. The predicted octanol–water partition coefficient (Wildman–Crippen LogP) is -8.11. The predicted molar refractivity (Wildman–Crippen MR) is 105 cm³/mol. The quantitative estimate of drug-likeness (QED) is 0.0968. The summed E-state index contributed by atoms with van der Waals surface area (Å²) in [5.41, 5.74) is 0. The Morgan fingerprint density at radius 2 is 0.971 bits per heavy atom. The van der Waals surface area contributed by atoms with E-state index in [9.17, 15) is 19.2 Å². The van der Waals surface area contributed by atoms with Crippen LogP contribution < -0.4 is 0 Å². The van der Waals surface area contributed by atoms with Crippen molar-refractivity contribution in [3.05, 3.63) is 0 Å². The molecule has 0 fully saturated rings. The van der Waals surface area contributed by atoms with Gasteiger partial charge in [-0.2, -0.15) is 0 Å². The summed E-state index contributed by atoms with van der Waals surface area (Å²) in [6, 6.07) is 0. The third kappa shape index (κ3) is 14.3. The first kappa shape index (κ1) is 36.6. The van der Waals surface area contributed by atoms with Crippen LogP contribution in [0.15, 0.2) is 0 Å². The topological polar surface area (TPSA) is 320 Å². The first-order valence-electron chi connectivity index (χ1n) is 9.17. The van der Waals surface area contributed by atoms with Crippen LogP contribution in [-0.4, -0.2) is 167 Å². The minimum Gasteiger partial charge on any atom is -0.479 e. The summed E-state index contributed by atoms with van der Waals surface area (Å²) in [5, 5.41) is 103. The minimum atomic E-state index is -2.01. The van der Waals surface area contributed by atoms with Crippen LogP contribution in [0, 0.1) is 0 Å². The first-order valence-corrected chi connectivity index (χ1v) is 9.17. The Balaban J connectivity index is -0.000000434.